The van der Waals surface area contributed by atoms with Crippen LogP contribution in [0.4, 0.5) is 13.2 Å². The number of benzene rings is 1. The van der Waals surface area contributed by atoms with E-state index in [-0.39, 0.29) is 24.3 Å². The Bertz CT molecular complexity index is 1260. The lowest BCUT2D eigenvalue weighted by Crippen LogP contribution is -2.47. The smallest absolute Gasteiger partial charge is 0.258 e. The number of carbonyl (C=O) groups is 1. The highest BCUT2D eigenvalue weighted by atomic mass is 19.3. The number of likely N-dealkylation sites (N-methyl/N-ethyl adjacent to an activating group) is 1. The van der Waals surface area contributed by atoms with Crippen LogP contribution in [0.1, 0.15) is 28.5 Å². The first kappa shape index (κ1) is 19.8. The predicted molar refractivity (Wildman–Crippen MR) is 113 cm³/mol. The fourth-order valence-corrected chi connectivity index (χ4v) is 5.45. The Hall–Kier alpha value is -2.81. The maximum absolute atomic E-state index is 14.8. The molecule has 1 aromatic carbocycles. The molecule has 32 heavy (non-hydrogen) atoms. The molecular weight excluding hydrogens is 419 g/mol. The fraction of sp³-hybridized carbons (Fsp3) is 0.478. The molecule has 6 nitrogen and oxygen atoms in total. The van der Waals surface area contributed by atoms with E-state index in [1.54, 1.807) is 24.0 Å². The van der Waals surface area contributed by atoms with E-state index >= 15 is 0 Å². The maximum atomic E-state index is 14.8. The lowest BCUT2D eigenvalue weighted by molar-refractivity contribution is 0.0630. The number of halogens is 3. The molecule has 3 heterocycles. The van der Waals surface area contributed by atoms with Gasteiger partial charge in [-0.3, -0.25) is 9.89 Å². The van der Waals surface area contributed by atoms with E-state index < -0.39 is 23.1 Å². The highest BCUT2D eigenvalue weighted by Gasteiger charge is 2.78. The normalized spacial score (nSPS) is 26.8. The first-order valence-electron chi connectivity index (χ1n) is 10.9. The fourth-order valence-electron chi connectivity index (χ4n) is 5.45. The van der Waals surface area contributed by atoms with Crippen molar-refractivity contribution < 1.29 is 18.0 Å². The van der Waals surface area contributed by atoms with E-state index in [0.29, 0.717) is 35.4 Å². The van der Waals surface area contributed by atoms with E-state index in [0.717, 1.165) is 24.3 Å². The molecule has 3 aliphatic rings. The third kappa shape index (κ3) is 2.63. The molecule has 1 saturated heterocycles. The summed E-state index contributed by atoms with van der Waals surface area (Å²) in [5.41, 5.74) is 2.42. The molecule has 2 atom stereocenters. The Balaban J connectivity index is 1.33. The number of hydrogen-bond acceptors (Lipinski definition) is 3. The van der Waals surface area contributed by atoms with Crippen LogP contribution in [0.3, 0.4) is 0 Å². The second kappa shape index (κ2) is 6.37. The maximum Gasteiger partial charge on any atom is 0.258 e. The average Bonchev–Trinajstić information content (AvgIpc) is 3.14. The summed E-state index contributed by atoms with van der Waals surface area (Å²) in [6, 6.07) is 4.65. The van der Waals surface area contributed by atoms with Gasteiger partial charge in [0.1, 0.15) is 11.5 Å². The van der Waals surface area contributed by atoms with Crippen molar-refractivity contribution in [2.45, 2.75) is 25.7 Å². The van der Waals surface area contributed by atoms with Crippen molar-refractivity contribution in [3.63, 3.8) is 0 Å². The molecule has 1 amide bonds. The van der Waals surface area contributed by atoms with Gasteiger partial charge in [-0.1, -0.05) is 6.92 Å². The van der Waals surface area contributed by atoms with Crippen molar-refractivity contribution in [3.8, 4) is 11.4 Å². The third-order valence-electron chi connectivity index (χ3n) is 7.77. The number of piperazine rings is 1. The standard InChI is InChI=1S/C23H24F3N5O/c1-22-11-18-14(10-19(22)23(22,25)26)20(29-28-18)17-8-12-7-15(24)13(9-16(12)27-17)21(32)31-5-3-30(2)4-6-31/h7-9,19,27H,3-6,10-11H2,1-2H3,(H,28,29). The number of carbonyl (C=O) groups excluding carboxylic acids is 1. The van der Waals surface area contributed by atoms with Gasteiger partial charge in [-0.25, -0.2) is 13.2 Å². The van der Waals surface area contributed by atoms with Gasteiger partial charge in [-0.05, 0) is 31.7 Å². The van der Waals surface area contributed by atoms with Crippen molar-refractivity contribution in [1.82, 2.24) is 25.0 Å². The lowest BCUT2D eigenvalue weighted by atomic mass is 9.87. The van der Waals surface area contributed by atoms with E-state index in [1.807, 2.05) is 7.05 Å². The molecule has 1 aliphatic heterocycles. The van der Waals surface area contributed by atoms with Gasteiger partial charge in [0.05, 0.1) is 11.3 Å². The van der Waals surface area contributed by atoms with Crippen LogP contribution in [-0.2, 0) is 12.8 Å². The van der Waals surface area contributed by atoms with Crippen LogP contribution in [0.25, 0.3) is 22.3 Å². The summed E-state index contributed by atoms with van der Waals surface area (Å²) in [4.78, 5) is 19.9. The number of aromatic amines is 2. The van der Waals surface area contributed by atoms with Gasteiger partial charge in [0, 0.05) is 66.1 Å². The Labute approximate surface area is 182 Å². The number of nitrogens with zero attached hydrogens (tertiary/aromatic N) is 3. The molecule has 6 rings (SSSR count). The second-order valence-electron chi connectivity index (χ2n) is 9.70. The van der Waals surface area contributed by atoms with Gasteiger partial charge >= 0.3 is 0 Å². The summed E-state index contributed by atoms with van der Waals surface area (Å²) in [6.45, 7) is 4.27. The topological polar surface area (TPSA) is 68.0 Å². The summed E-state index contributed by atoms with van der Waals surface area (Å²) >= 11 is 0. The molecule has 2 N–H and O–H groups in total. The summed E-state index contributed by atoms with van der Waals surface area (Å²) in [7, 11) is 1.99. The minimum absolute atomic E-state index is 0.0351. The van der Waals surface area contributed by atoms with Crippen molar-refractivity contribution in [2.75, 3.05) is 33.2 Å². The highest BCUT2D eigenvalue weighted by molar-refractivity contribution is 5.99. The monoisotopic (exact) mass is 443 g/mol. The van der Waals surface area contributed by atoms with Crippen LogP contribution in [0, 0.1) is 17.2 Å². The molecule has 9 heteroatoms. The summed E-state index contributed by atoms with van der Waals surface area (Å²) in [6.07, 6.45) is 0.535. The largest absolute Gasteiger partial charge is 0.353 e. The number of nitrogens with one attached hydrogen (secondary N) is 2. The van der Waals surface area contributed by atoms with Gasteiger partial charge in [0.25, 0.3) is 11.8 Å². The number of alkyl halides is 2. The zero-order valence-corrected chi connectivity index (χ0v) is 17.9. The van der Waals surface area contributed by atoms with Crippen LogP contribution in [0.2, 0.25) is 0 Å². The predicted octanol–water partition coefficient (Wildman–Crippen LogP) is 3.45. The molecule has 2 fully saturated rings. The molecule has 0 radical (unpaired) electrons. The number of rotatable bonds is 2. The lowest BCUT2D eigenvalue weighted by Gasteiger charge is -2.32. The highest BCUT2D eigenvalue weighted by Crippen LogP contribution is 2.70. The van der Waals surface area contributed by atoms with Crippen LogP contribution in [-0.4, -0.2) is 70.0 Å². The number of amides is 1. The van der Waals surface area contributed by atoms with Gasteiger partial charge in [0.2, 0.25) is 0 Å². The Morgan fingerprint density at radius 2 is 1.94 bits per heavy atom. The molecular formula is C23H24F3N5O. The van der Waals surface area contributed by atoms with Crippen LogP contribution < -0.4 is 0 Å². The first-order valence-corrected chi connectivity index (χ1v) is 10.9. The second-order valence-corrected chi connectivity index (χ2v) is 9.70. The first-order chi connectivity index (χ1) is 15.2. The van der Waals surface area contributed by atoms with Crippen LogP contribution in [0.15, 0.2) is 18.2 Å². The Morgan fingerprint density at radius 1 is 1.19 bits per heavy atom. The van der Waals surface area contributed by atoms with E-state index in [2.05, 4.69) is 20.1 Å². The molecule has 2 aromatic heterocycles. The molecule has 3 aromatic rings. The average molecular weight is 443 g/mol. The Kier molecular flexibility index (Phi) is 3.95. The van der Waals surface area contributed by atoms with Gasteiger partial charge in [0.15, 0.2) is 0 Å². The number of H-pyrrole nitrogens is 2. The van der Waals surface area contributed by atoms with Crippen LogP contribution >= 0.6 is 0 Å². The van der Waals surface area contributed by atoms with Gasteiger partial charge < -0.3 is 14.8 Å². The van der Waals surface area contributed by atoms with Crippen molar-refractivity contribution in [1.29, 1.82) is 0 Å². The van der Waals surface area contributed by atoms with E-state index in [1.165, 1.54) is 6.07 Å². The van der Waals surface area contributed by atoms with Gasteiger partial charge in [-0.15, -0.1) is 0 Å². The third-order valence-corrected chi connectivity index (χ3v) is 7.77. The van der Waals surface area contributed by atoms with Crippen molar-refractivity contribution in [2.24, 2.45) is 11.3 Å². The minimum Gasteiger partial charge on any atom is -0.353 e. The molecule has 2 aliphatic carbocycles. The van der Waals surface area contributed by atoms with Gasteiger partial charge in [-0.2, -0.15) is 5.10 Å². The van der Waals surface area contributed by atoms with Crippen molar-refractivity contribution >= 4 is 16.8 Å². The number of fused-ring (bicyclic) bond motifs is 3. The molecule has 0 spiro atoms. The quantitative estimate of drug-likeness (QED) is 0.638. The van der Waals surface area contributed by atoms with Crippen molar-refractivity contribution in [3.05, 3.63) is 40.8 Å². The number of hydrogen-bond donors (Lipinski definition) is 2. The van der Waals surface area contributed by atoms with E-state index in [4.69, 9.17) is 0 Å². The molecule has 1 saturated carbocycles. The molecule has 168 valence electrons. The minimum atomic E-state index is -2.66. The zero-order valence-electron chi connectivity index (χ0n) is 17.9. The molecule has 0 bridgehead atoms. The Morgan fingerprint density at radius 3 is 2.69 bits per heavy atom. The molecule has 2 unspecified atom stereocenters. The zero-order chi connectivity index (χ0) is 22.4. The summed E-state index contributed by atoms with van der Waals surface area (Å²) in [5, 5.41) is 7.93. The SMILES string of the molecule is CN1CCN(C(=O)c2cc3[nH]c(-c4n[nH]c5c4CC4C(F)(F)C4(C)C5)cc3cc2F)CC1. The van der Waals surface area contributed by atoms with Crippen LogP contribution in [0.5, 0.6) is 0 Å². The summed E-state index contributed by atoms with van der Waals surface area (Å²) < 4.78 is 43.3. The van der Waals surface area contributed by atoms with E-state index in [9.17, 15) is 18.0 Å². The summed E-state index contributed by atoms with van der Waals surface area (Å²) in [5.74, 6) is -4.22. The number of aromatic nitrogens is 3.